The van der Waals surface area contributed by atoms with Gasteiger partial charge in [0.2, 0.25) is 10.0 Å². The van der Waals surface area contributed by atoms with Gasteiger partial charge in [-0.1, -0.05) is 30.3 Å². The molecule has 0 aliphatic carbocycles. The molecule has 0 spiro atoms. The molecule has 1 aromatic rings. The number of rotatable bonds is 6. The minimum Gasteiger partial charge on any atom is -0.478 e. The lowest BCUT2D eigenvalue weighted by molar-refractivity contribution is 0.0696. The maximum absolute atomic E-state index is 11.6. The van der Waals surface area contributed by atoms with Crippen LogP contribution in [0.4, 0.5) is 0 Å². The molecule has 2 N–H and O–H groups in total. The van der Waals surface area contributed by atoms with E-state index >= 15 is 0 Å². The minimum absolute atomic E-state index is 0.0458. The van der Waals surface area contributed by atoms with Gasteiger partial charge >= 0.3 is 5.97 Å². The summed E-state index contributed by atoms with van der Waals surface area (Å²) < 4.78 is 25.5. The number of hydrogen-bond donors (Lipinski definition) is 2. The summed E-state index contributed by atoms with van der Waals surface area (Å²) >= 11 is 5.45. The van der Waals surface area contributed by atoms with Crippen LogP contribution in [0.15, 0.2) is 35.9 Å². The Morgan fingerprint density at radius 1 is 1.44 bits per heavy atom. The van der Waals surface area contributed by atoms with E-state index in [4.69, 9.17) is 16.7 Å². The van der Waals surface area contributed by atoms with Crippen LogP contribution in [0.3, 0.4) is 0 Å². The van der Waals surface area contributed by atoms with Gasteiger partial charge in [-0.2, -0.15) is 0 Å². The van der Waals surface area contributed by atoms with Gasteiger partial charge in [0.15, 0.2) is 0 Å². The van der Waals surface area contributed by atoms with Crippen molar-refractivity contribution in [2.24, 2.45) is 0 Å². The van der Waals surface area contributed by atoms with Crippen molar-refractivity contribution >= 4 is 27.6 Å². The van der Waals surface area contributed by atoms with Crippen LogP contribution in [0, 0.1) is 0 Å². The van der Waals surface area contributed by atoms with Crippen LogP contribution in [0.1, 0.15) is 15.9 Å². The van der Waals surface area contributed by atoms with Crippen molar-refractivity contribution in [3.8, 4) is 0 Å². The second-order valence-electron chi connectivity index (χ2n) is 3.60. The molecule has 0 saturated heterocycles. The lowest BCUT2D eigenvalue weighted by Crippen LogP contribution is -2.26. The Bertz CT molecular complexity index is 568. The third-order valence-corrected chi connectivity index (χ3v) is 3.45. The number of sulfonamides is 1. The normalized spacial score (nSPS) is 11.2. The van der Waals surface area contributed by atoms with Crippen LogP contribution in [0.5, 0.6) is 0 Å². The SMILES string of the molecule is C=C(Cl)CNS(=O)(=O)Cc1cccc(C(=O)O)c1. The van der Waals surface area contributed by atoms with Gasteiger partial charge in [0, 0.05) is 11.6 Å². The predicted octanol–water partition coefficient (Wildman–Crippen LogP) is 1.56. The zero-order valence-corrected chi connectivity index (χ0v) is 11.0. The number of halogens is 1. The summed E-state index contributed by atoms with van der Waals surface area (Å²) in [7, 11) is -3.56. The van der Waals surface area contributed by atoms with Crippen LogP contribution in [-0.4, -0.2) is 26.0 Å². The molecule has 0 aliphatic heterocycles. The number of aromatic carboxylic acids is 1. The molecule has 18 heavy (non-hydrogen) atoms. The maximum atomic E-state index is 11.6. The first-order valence-corrected chi connectivity index (χ1v) is 6.96. The Hall–Kier alpha value is -1.37. The second kappa shape index (κ2) is 5.99. The van der Waals surface area contributed by atoms with Gasteiger partial charge in [-0.15, -0.1) is 0 Å². The topological polar surface area (TPSA) is 83.5 Å². The van der Waals surface area contributed by atoms with Crippen LogP contribution in [0.25, 0.3) is 0 Å². The number of carboxylic acid groups (broad SMARTS) is 1. The Balaban J connectivity index is 2.81. The van der Waals surface area contributed by atoms with Crippen LogP contribution in [0.2, 0.25) is 0 Å². The fourth-order valence-corrected chi connectivity index (χ4v) is 2.51. The summed E-state index contributed by atoms with van der Waals surface area (Å²) in [5.41, 5.74) is 0.437. The highest BCUT2D eigenvalue weighted by Crippen LogP contribution is 2.09. The van der Waals surface area contributed by atoms with E-state index in [0.29, 0.717) is 5.56 Å². The first-order valence-electron chi connectivity index (χ1n) is 4.93. The van der Waals surface area contributed by atoms with E-state index in [1.165, 1.54) is 18.2 Å². The van der Waals surface area contributed by atoms with E-state index in [0.717, 1.165) is 0 Å². The Labute approximate surface area is 110 Å². The Morgan fingerprint density at radius 2 is 2.11 bits per heavy atom. The van der Waals surface area contributed by atoms with E-state index in [2.05, 4.69) is 11.3 Å². The summed E-state index contributed by atoms with van der Waals surface area (Å²) in [5.74, 6) is -1.41. The highest BCUT2D eigenvalue weighted by atomic mass is 35.5. The smallest absolute Gasteiger partial charge is 0.335 e. The molecule has 0 fully saturated rings. The maximum Gasteiger partial charge on any atom is 0.335 e. The Kier molecular flexibility index (Phi) is 4.89. The summed E-state index contributed by atoms with van der Waals surface area (Å²) in [6.07, 6.45) is 0. The molecule has 0 aromatic heterocycles. The van der Waals surface area contributed by atoms with Gasteiger partial charge in [-0.05, 0) is 17.7 Å². The van der Waals surface area contributed by atoms with Gasteiger partial charge in [-0.3, -0.25) is 0 Å². The van der Waals surface area contributed by atoms with E-state index in [1.54, 1.807) is 6.07 Å². The van der Waals surface area contributed by atoms with Crippen molar-refractivity contribution in [2.75, 3.05) is 6.54 Å². The average Bonchev–Trinajstić information content (AvgIpc) is 2.26. The average molecular weight is 290 g/mol. The Morgan fingerprint density at radius 3 is 2.67 bits per heavy atom. The molecule has 0 atom stereocenters. The molecule has 1 rings (SSSR count). The molecular formula is C11H12ClNO4S. The summed E-state index contributed by atoms with van der Waals surface area (Å²) in [6.45, 7) is 3.31. The van der Waals surface area contributed by atoms with Crippen LogP contribution >= 0.6 is 11.6 Å². The van der Waals surface area contributed by atoms with E-state index in [9.17, 15) is 13.2 Å². The van der Waals surface area contributed by atoms with Crippen LogP contribution < -0.4 is 4.72 Å². The highest BCUT2D eigenvalue weighted by Gasteiger charge is 2.12. The van der Waals surface area contributed by atoms with Gasteiger partial charge in [0.05, 0.1) is 11.3 Å². The van der Waals surface area contributed by atoms with E-state index < -0.39 is 16.0 Å². The number of carboxylic acids is 1. The van der Waals surface area contributed by atoms with Crippen molar-refractivity contribution in [2.45, 2.75) is 5.75 Å². The number of hydrogen-bond acceptors (Lipinski definition) is 3. The molecule has 0 heterocycles. The molecule has 1 aromatic carbocycles. The number of carbonyl (C=O) groups is 1. The molecule has 0 unspecified atom stereocenters. The molecule has 98 valence electrons. The first kappa shape index (κ1) is 14.7. The quantitative estimate of drug-likeness (QED) is 0.832. The van der Waals surface area contributed by atoms with E-state index in [1.807, 2.05) is 0 Å². The van der Waals surface area contributed by atoms with E-state index in [-0.39, 0.29) is 22.9 Å². The fourth-order valence-electron chi connectivity index (χ4n) is 1.25. The zero-order valence-electron chi connectivity index (χ0n) is 9.39. The highest BCUT2D eigenvalue weighted by molar-refractivity contribution is 7.88. The van der Waals surface area contributed by atoms with Gasteiger partial charge in [-0.25, -0.2) is 17.9 Å². The zero-order chi connectivity index (χ0) is 13.8. The standard InChI is InChI=1S/C11H12ClNO4S/c1-8(12)6-13-18(16,17)7-9-3-2-4-10(5-9)11(14)15/h2-5,13H,1,6-7H2,(H,14,15). The molecule has 0 aliphatic rings. The summed E-state index contributed by atoms with van der Waals surface area (Å²) in [5, 5.41) is 8.97. The largest absolute Gasteiger partial charge is 0.478 e. The lowest BCUT2D eigenvalue weighted by Gasteiger charge is -2.06. The molecule has 0 amide bonds. The molecule has 5 nitrogen and oxygen atoms in total. The number of benzene rings is 1. The fraction of sp³-hybridized carbons (Fsp3) is 0.182. The number of nitrogens with one attached hydrogen (secondary N) is 1. The third-order valence-electron chi connectivity index (χ3n) is 2.01. The second-order valence-corrected chi connectivity index (χ2v) is 5.94. The minimum atomic E-state index is -3.56. The predicted molar refractivity (Wildman–Crippen MR) is 69.0 cm³/mol. The van der Waals surface area contributed by atoms with Crippen LogP contribution in [-0.2, 0) is 15.8 Å². The molecular weight excluding hydrogens is 278 g/mol. The van der Waals surface area contributed by atoms with Crippen molar-refractivity contribution < 1.29 is 18.3 Å². The van der Waals surface area contributed by atoms with Gasteiger partial charge in [0.1, 0.15) is 0 Å². The van der Waals surface area contributed by atoms with Crippen molar-refractivity contribution in [3.63, 3.8) is 0 Å². The van der Waals surface area contributed by atoms with Crippen molar-refractivity contribution in [1.29, 1.82) is 0 Å². The van der Waals surface area contributed by atoms with Gasteiger partial charge in [0.25, 0.3) is 0 Å². The van der Waals surface area contributed by atoms with Crippen molar-refractivity contribution in [1.82, 2.24) is 4.72 Å². The molecule has 0 radical (unpaired) electrons. The van der Waals surface area contributed by atoms with Crippen molar-refractivity contribution in [3.05, 3.63) is 47.0 Å². The monoisotopic (exact) mass is 289 g/mol. The van der Waals surface area contributed by atoms with Gasteiger partial charge < -0.3 is 5.11 Å². The lowest BCUT2D eigenvalue weighted by atomic mass is 10.1. The third kappa shape index (κ3) is 4.87. The molecule has 7 heteroatoms. The summed E-state index contributed by atoms with van der Waals surface area (Å²) in [4.78, 5) is 10.7. The molecule has 0 saturated carbocycles. The first-order chi connectivity index (χ1) is 8.30. The summed E-state index contributed by atoms with van der Waals surface area (Å²) in [6, 6.07) is 5.75. The molecule has 0 bridgehead atoms.